The Morgan fingerprint density at radius 1 is 1.19 bits per heavy atom. The number of amides is 1. The normalized spacial score (nSPS) is 19.0. The zero-order valence-electron chi connectivity index (χ0n) is 19.2. The van der Waals surface area contributed by atoms with Crippen LogP contribution in [0.3, 0.4) is 0 Å². The van der Waals surface area contributed by atoms with Gasteiger partial charge in [-0.05, 0) is 43.9 Å². The third-order valence-corrected chi connectivity index (χ3v) is 8.69. The number of nitrogens with zero attached hydrogens (tertiary/aromatic N) is 4. The smallest absolute Gasteiger partial charge is 0.355 e. The predicted octanol–water partition coefficient (Wildman–Crippen LogP) is 4.25. The standard InChI is InChI=1S/C23H23ClF3N5O3S/c1-31-19-9-13(22(33)30-36(34,35)16-5-6-16)4-7-17(19)20(29-31)14-3-2-8-32(12-14)21-18(24)10-15(11-28-21)23(25,26)27/h4,7,9-11,14,16H,2-3,5-6,8,12H2,1H3,(H,30,33). The summed E-state index contributed by atoms with van der Waals surface area (Å²) in [5.74, 6) is -0.429. The lowest BCUT2D eigenvalue weighted by Gasteiger charge is -2.33. The Balaban J connectivity index is 1.39. The molecule has 2 fully saturated rings. The van der Waals surface area contributed by atoms with Gasteiger partial charge >= 0.3 is 6.18 Å². The SMILES string of the molecule is Cn1nc(C2CCCN(c3ncc(C(F)(F)F)cc3Cl)C2)c2ccc(C(=O)NS(=O)(=O)C3CC3)cc21. The van der Waals surface area contributed by atoms with E-state index in [1.165, 1.54) is 0 Å². The molecule has 5 rings (SSSR count). The lowest BCUT2D eigenvalue weighted by molar-refractivity contribution is -0.137. The van der Waals surface area contributed by atoms with Crippen LogP contribution in [-0.2, 0) is 23.2 Å². The number of halogens is 4. The topological polar surface area (TPSA) is 97.2 Å². The van der Waals surface area contributed by atoms with Crippen LogP contribution in [0.5, 0.6) is 0 Å². The zero-order valence-corrected chi connectivity index (χ0v) is 20.8. The molecule has 0 spiro atoms. The summed E-state index contributed by atoms with van der Waals surface area (Å²) in [5, 5.41) is 4.91. The van der Waals surface area contributed by atoms with E-state index in [-0.39, 0.29) is 16.5 Å². The van der Waals surface area contributed by atoms with Crippen LogP contribution in [0, 0.1) is 0 Å². The van der Waals surface area contributed by atoms with Crippen LogP contribution in [-0.4, -0.2) is 47.4 Å². The summed E-state index contributed by atoms with van der Waals surface area (Å²) >= 11 is 6.17. The molecule has 36 heavy (non-hydrogen) atoms. The first-order valence-electron chi connectivity index (χ1n) is 11.4. The number of pyridine rings is 1. The molecule has 13 heteroatoms. The van der Waals surface area contributed by atoms with Crippen molar-refractivity contribution in [2.45, 2.75) is 43.0 Å². The second-order valence-corrected chi connectivity index (χ2v) is 11.6. The van der Waals surface area contributed by atoms with Crippen molar-refractivity contribution in [3.05, 3.63) is 52.3 Å². The van der Waals surface area contributed by atoms with Crippen LogP contribution in [0.1, 0.15) is 53.2 Å². The minimum absolute atomic E-state index is 0.0440. The Morgan fingerprint density at radius 2 is 1.94 bits per heavy atom. The van der Waals surface area contributed by atoms with Gasteiger partial charge in [0.25, 0.3) is 5.91 Å². The van der Waals surface area contributed by atoms with Crippen molar-refractivity contribution in [3.8, 4) is 0 Å². The van der Waals surface area contributed by atoms with E-state index in [4.69, 9.17) is 11.6 Å². The number of aryl methyl sites for hydroxylation is 1. The molecule has 192 valence electrons. The number of piperidine rings is 1. The van der Waals surface area contributed by atoms with Gasteiger partial charge in [-0.15, -0.1) is 0 Å². The fourth-order valence-electron chi connectivity index (χ4n) is 4.59. The van der Waals surface area contributed by atoms with Gasteiger partial charge in [0.2, 0.25) is 10.0 Å². The summed E-state index contributed by atoms with van der Waals surface area (Å²) in [4.78, 5) is 18.4. The molecule has 3 heterocycles. The Bertz CT molecular complexity index is 1450. The minimum Gasteiger partial charge on any atom is -0.355 e. The highest BCUT2D eigenvalue weighted by molar-refractivity contribution is 7.91. The monoisotopic (exact) mass is 541 g/mol. The highest BCUT2D eigenvalue weighted by Gasteiger charge is 2.37. The van der Waals surface area contributed by atoms with E-state index < -0.39 is 32.9 Å². The first kappa shape index (κ1) is 24.8. The number of hydrogen-bond acceptors (Lipinski definition) is 6. The molecule has 1 saturated heterocycles. The number of aromatic nitrogens is 3. The van der Waals surface area contributed by atoms with E-state index in [0.29, 0.717) is 37.3 Å². The van der Waals surface area contributed by atoms with Crippen LogP contribution in [0.4, 0.5) is 19.0 Å². The summed E-state index contributed by atoms with van der Waals surface area (Å²) in [6, 6.07) is 5.82. The molecule has 1 amide bonds. The van der Waals surface area contributed by atoms with Crippen molar-refractivity contribution in [3.63, 3.8) is 0 Å². The second-order valence-electron chi connectivity index (χ2n) is 9.23. The maximum Gasteiger partial charge on any atom is 0.417 e. The first-order valence-corrected chi connectivity index (χ1v) is 13.4. The average molecular weight is 542 g/mol. The van der Waals surface area contributed by atoms with Gasteiger partial charge < -0.3 is 4.90 Å². The van der Waals surface area contributed by atoms with Gasteiger partial charge in [0, 0.05) is 43.2 Å². The summed E-state index contributed by atoms with van der Waals surface area (Å²) in [7, 11) is -1.92. The largest absolute Gasteiger partial charge is 0.417 e. The van der Waals surface area contributed by atoms with Crippen molar-refractivity contribution < 1.29 is 26.4 Å². The highest BCUT2D eigenvalue weighted by Crippen LogP contribution is 2.37. The molecule has 1 unspecified atom stereocenters. The molecule has 2 aliphatic rings. The lowest BCUT2D eigenvalue weighted by atomic mass is 9.92. The third-order valence-electron chi connectivity index (χ3n) is 6.60. The Kier molecular flexibility index (Phi) is 6.14. The average Bonchev–Trinajstić information content (AvgIpc) is 3.63. The minimum atomic E-state index is -4.52. The van der Waals surface area contributed by atoms with Gasteiger partial charge in [-0.3, -0.25) is 9.48 Å². The van der Waals surface area contributed by atoms with Crippen LogP contribution < -0.4 is 9.62 Å². The molecule has 8 nitrogen and oxygen atoms in total. The van der Waals surface area contributed by atoms with Crippen LogP contribution >= 0.6 is 11.6 Å². The molecule has 1 aliphatic heterocycles. The van der Waals surface area contributed by atoms with Crippen molar-refractivity contribution in [2.24, 2.45) is 7.05 Å². The summed E-state index contributed by atoms with van der Waals surface area (Å²) < 4.78 is 67.0. The fraction of sp³-hybridized carbons (Fsp3) is 0.435. The van der Waals surface area contributed by atoms with Gasteiger partial charge in [-0.2, -0.15) is 18.3 Å². The second kappa shape index (κ2) is 8.91. The van der Waals surface area contributed by atoms with Crippen molar-refractivity contribution >= 4 is 44.3 Å². The Morgan fingerprint density at radius 3 is 2.61 bits per heavy atom. The molecule has 1 atom stereocenters. The summed E-state index contributed by atoms with van der Waals surface area (Å²) in [6.45, 7) is 1.06. The number of hydrogen-bond donors (Lipinski definition) is 1. The van der Waals surface area contributed by atoms with Crippen molar-refractivity contribution in [2.75, 3.05) is 18.0 Å². The number of rotatable bonds is 5. The molecule has 1 aliphatic carbocycles. The molecular weight excluding hydrogens is 519 g/mol. The van der Waals surface area contributed by atoms with Gasteiger partial charge in [0.05, 0.1) is 27.0 Å². The maximum absolute atomic E-state index is 13.0. The van der Waals surface area contributed by atoms with E-state index in [9.17, 15) is 26.4 Å². The van der Waals surface area contributed by atoms with E-state index in [0.717, 1.165) is 36.2 Å². The molecule has 0 bridgehead atoms. The van der Waals surface area contributed by atoms with Gasteiger partial charge in [0.1, 0.15) is 5.82 Å². The quantitative estimate of drug-likeness (QED) is 0.519. The van der Waals surface area contributed by atoms with Crippen molar-refractivity contribution in [1.82, 2.24) is 19.5 Å². The van der Waals surface area contributed by atoms with E-state index in [1.54, 1.807) is 29.9 Å². The first-order chi connectivity index (χ1) is 16.9. The number of benzene rings is 1. The van der Waals surface area contributed by atoms with Crippen LogP contribution in [0.25, 0.3) is 10.9 Å². The van der Waals surface area contributed by atoms with Gasteiger partial charge in [0.15, 0.2) is 0 Å². The number of nitrogens with one attached hydrogen (secondary N) is 1. The third kappa shape index (κ3) is 4.75. The molecule has 3 aromatic rings. The summed E-state index contributed by atoms with van der Waals surface area (Å²) in [6.07, 6.45) is -1.05. The number of carbonyl (C=O) groups is 1. The molecule has 1 N–H and O–H groups in total. The van der Waals surface area contributed by atoms with E-state index in [2.05, 4.69) is 14.8 Å². The van der Waals surface area contributed by atoms with E-state index in [1.807, 2.05) is 4.90 Å². The fourth-order valence-corrected chi connectivity index (χ4v) is 6.17. The number of carbonyl (C=O) groups excluding carboxylic acids is 1. The molecule has 2 aromatic heterocycles. The van der Waals surface area contributed by atoms with Crippen LogP contribution in [0.15, 0.2) is 30.5 Å². The predicted molar refractivity (Wildman–Crippen MR) is 129 cm³/mol. The number of alkyl halides is 3. The Hall–Kier alpha value is -2.86. The molecule has 0 radical (unpaired) electrons. The van der Waals surface area contributed by atoms with E-state index >= 15 is 0 Å². The molecular formula is C23H23ClF3N5O3S. The van der Waals surface area contributed by atoms with Crippen molar-refractivity contribution in [1.29, 1.82) is 0 Å². The maximum atomic E-state index is 13.0. The number of sulfonamides is 1. The Labute approximate surface area is 210 Å². The molecule has 1 saturated carbocycles. The molecule has 1 aromatic carbocycles. The van der Waals surface area contributed by atoms with Crippen LogP contribution in [0.2, 0.25) is 5.02 Å². The summed E-state index contributed by atoms with van der Waals surface area (Å²) in [5.41, 5.74) is 0.777. The lowest BCUT2D eigenvalue weighted by Crippen LogP contribution is -2.35. The zero-order chi connectivity index (χ0) is 25.8. The van der Waals surface area contributed by atoms with Gasteiger partial charge in [-0.25, -0.2) is 18.1 Å². The number of fused-ring (bicyclic) bond motifs is 1. The highest BCUT2D eigenvalue weighted by atomic mass is 35.5. The van der Waals surface area contributed by atoms with Gasteiger partial charge in [-0.1, -0.05) is 17.7 Å². The number of anilines is 1.